The molecule has 0 saturated carbocycles. The Morgan fingerprint density at radius 3 is 2.42 bits per heavy atom. The molecule has 0 atom stereocenters. The van der Waals surface area contributed by atoms with Gasteiger partial charge in [-0.25, -0.2) is 5.43 Å². The Balaban J connectivity index is 1.77. The Morgan fingerprint density at radius 1 is 1.12 bits per heavy atom. The number of methoxy groups -OCH3 is 1. The summed E-state index contributed by atoms with van der Waals surface area (Å²) in [7, 11) is 1.57. The molecule has 26 heavy (non-hydrogen) atoms. The van der Waals surface area contributed by atoms with Crippen LogP contribution in [-0.2, 0) is 0 Å². The van der Waals surface area contributed by atoms with E-state index in [9.17, 15) is 4.79 Å². The number of nitrogens with one attached hydrogen (secondary N) is 2. The molecule has 3 aromatic rings. The number of aromatic amines is 1. The Kier molecular flexibility index (Phi) is 5.50. The van der Waals surface area contributed by atoms with Gasteiger partial charge in [-0.2, -0.15) is 5.10 Å². The van der Waals surface area contributed by atoms with E-state index >= 15 is 0 Å². The fourth-order valence-electron chi connectivity index (χ4n) is 2.12. The minimum atomic E-state index is -0.404. The third-order valence-corrected chi connectivity index (χ3v) is 4.08. The van der Waals surface area contributed by atoms with Crippen LogP contribution in [0.3, 0.4) is 0 Å². The Labute approximate surface area is 158 Å². The van der Waals surface area contributed by atoms with Gasteiger partial charge in [0.15, 0.2) is 5.69 Å². The van der Waals surface area contributed by atoms with Gasteiger partial charge >= 0.3 is 0 Å². The number of hydrazone groups is 1. The lowest BCUT2D eigenvalue weighted by atomic mass is 10.1. The highest BCUT2D eigenvalue weighted by atomic mass is 35.5. The number of aromatic nitrogens is 3. The summed E-state index contributed by atoms with van der Waals surface area (Å²) in [5.74, 6) is 0.774. The molecule has 0 saturated heterocycles. The van der Waals surface area contributed by atoms with Gasteiger partial charge in [0.1, 0.15) is 5.75 Å². The van der Waals surface area contributed by atoms with Crippen molar-refractivity contribution in [3.8, 4) is 17.0 Å². The zero-order valence-corrected chi connectivity index (χ0v) is 15.0. The summed E-state index contributed by atoms with van der Waals surface area (Å²) in [6.07, 6.45) is 1.43. The summed E-state index contributed by atoms with van der Waals surface area (Å²) >= 11 is 12.1. The monoisotopic (exact) mass is 389 g/mol. The molecular formula is C17H13Cl2N5O2. The highest BCUT2D eigenvalue weighted by Crippen LogP contribution is 2.22. The van der Waals surface area contributed by atoms with E-state index in [2.05, 4.69) is 25.7 Å². The van der Waals surface area contributed by atoms with Crippen molar-refractivity contribution in [3.05, 3.63) is 68.4 Å². The quantitative estimate of drug-likeness (QED) is 0.513. The highest BCUT2D eigenvalue weighted by Gasteiger charge is 2.08. The zero-order valence-electron chi connectivity index (χ0n) is 13.5. The maximum atomic E-state index is 12.2. The Bertz CT molecular complexity index is 983. The largest absolute Gasteiger partial charge is 0.497 e. The lowest BCUT2D eigenvalue weighted by Gasteiger charge is -2.03. The maximum Gasteiger partial charge on any atom is 0.279 e. The molecule has 1 heterocycles. The molecule has 2 N–H and O–H groups in total. The van der Waals surface area contributed by atoms with Crippen LogP contribution in [0.5, 0.6) is 5.75 Å². The van der Waals surface area contributed by atoms with Crippen LogP contribution in [0, 0.1) is 0 Å². The second-order valence-corrected chi connectivity index (χ2v) is 5.90. The second kappa shape index (κ2) is 7.99. The average molecular weight is 390 g/mol. The molecule has 0 radical (unpaired) electrons. The van der Waals surface area contributed by atoms with Crippen molar-refractivity contribution in [1.82, 2.24) is 15.2 Å². The number of benzene rings is 2. The molecule has 0 fully saturated rings. The van der Waals surface area contributed by atoms with Gasteiger partial charge in [-0.3, -0.25) is 9.78 Å². The van der Waals surface area contributed by atoms with Gasteiger partial charge in [-0.15, -0.1) is 10.2 Å². The minimum Gasteiger partial charge on any atom is -0.497 e. The highest BCUT2D eigenvalue weighted by molar-refractivity contribution is 6.38. The minimum absolute atomic E-state index is 0.0895. The molecule has 132 valence electrons. The lowest BCUT2D eigenvalue weighted by molar-refractivity contribution is 0.415. The summed E-state index contributed by atoms with van der Waals surface area (Å²) in [5.41, 5.74) is 3.55. The topological polar surface area (TPSA) is 92.3 Å². The molecule has 9 heteroatoms. The van der Waals surface area contributed by atoms with E-state index in [0.717, 1.165) is 0 Å². The van der Waals surface area contributed by atoms with E-state index in [1.807, 2.05) is 0 Å². The van der Waals surface area contributed by atoms with Crippen LogP contribution in [0.4, 0.5) is 5.95 Å². The maximum absolute atomic E-state index is 12.2. The van der Waals surface area contributed by atoms with Crippen molar-refractivity contribution in [2.75, 3.05) is 12.5 Å². The molecule has 0 bridgehead atoms. The summed E-state index contributed by atoms with van der Waals surface area (Å²) < 4.78 is 5.09. The summed E-state index contributed by atoms with van der Waals surface area (Å²) in [6.45, 7) is 0. The number of halogens is 2. The van der Waals surface area contributed by atoms with Gasteiger partial charge in [-0.1, -0.05) is 29.3 Å². The normalized spacial score (nSPS) is 10.9. The van der Waals surface area contributed by atoms with Crippen molar-refractivity contribution in [1.29, 1.82) is 0 Å². The number of anilines is 1. The van der Waals surface area contributed by atoms with E-state index < -0.39 is 5.56 Å². The van der Waals surface area contributed by atoms with Crippen LogP contribution in [0.15, 0.2) is 52.4 Å². The number of hydrogen-bond donors (Lipinski definition) is 2. The van der Waals surface area contributed by atoms with Gasteiger partial charge in [0.25, 0.3) is 5.56 Å². The van der Waals surface area contributed by atoms with E-state index in [1.54, 1.807) is 49.6 Å². The molecule has 0 aliphatic rings. The van der Waals surface area contributed by atoms with Crippen LogP contribution in [0.25, 0.3) is 11.3 Å². The van der Waals surface area contributed by atoms with E-state index in [0.29, 0.717) is 26.9 Å². The van der Waals surface area contributed by atoms with Crippen LogP contribution in [0.2, 0.25) is 10.0 Å². The SMILES string of the molecule is COc1ccc(-c2nnc(N/N=C/c3c(Cl)cccc3Cl)[nH]c2=O)cc1. The predicted molar refractivity (Wildman–Crippen MR) is 102 cm³/mol. The molecular weight excluding hydrogens is 377 g/mol. The third kappa shape index (κ3) is 4.01. The predicted octanol–water partition coefficient (Wildman–Crippen LogP) is 3.59. The van der Waals surface area contributed by atoms with E-state index in [4.69, 9.17) is 27.9 Å². The molecule has 3 rings (SSSR count). The average Bonchev–Trinajstić information content (AvgIpc) is 2.64. The fourth-order valence-corrected chi connectivity index (χ4v) is 2.61. The summed E-state index contributed by atoms with van der Waals surface area (Å²) in [4.78, 5) is 14.8. The number of H-pyrrole nitrogens is 1. The molecule has 0 spiro atoms. The van der Waals surface area contributed by atoms with Crippen LogP contribution in [0.1, 0.15) is 5.56 Å². The molecule has 2 aromatic carbocycles. The summed E-state index contributed by atoms with van der Waals surface area (Å²) in [6, 6.07) is 12.0. The van der Waals surface area contributed by atoms with Gasteiger partial charge in [0.05, 0.1) is 23.4 Å². The number of hydrogen-bond acceptors (Lipinski definition) is 6. The van der Waals surface area contributed by atoms with Gasteiger partial charge in [-0.05, 0) is 36.4 Å². The molecule has 1 aromatic heterocycles. The first kappa shape index (κ1) is 17.9. The molecule has 0 amide bonds. The first-order chi connectivity index (χ1) is 12.6. The molecule has 7 nitrogen and oxygen atoms in total. The smallest absolute Gasteiger partial charge is 0.279 e. The van der Waals surface area contributed by atoms with Crippen molar-refractivity contribution >= 4 is 35.4 Å². The number of rotatable bonds is 5. The van der Waals surface area contributed by atoms with Crippen molar-refractivity contribution in [2.45, 2.75) is 0 Å². The molecule has 0 unspecified atom stereocenters. The van der Waals surface area contributed by atoms with Gasteiger partial charge in [0, 0.05) is 11.1 Å². The third-order valence-electron chi connectivity index (χ3n) is 3.42. The number of nitrogens with zero attached hydrogens (tertiary/aromatic N) is 3. The van der Waals surface area contributed by atoms with Gasteiger partial charge in [0.2, 0.25) is 5.95 Å². The van der Waals surface area contributed by atoms with Gasteiger partial charge < -0.3 is 4.74 Å². The molecule has 0 aliphatic carbocycles. The van der Waals surface area contributed by atoms with E-state index in [1.165, 1.54) is 6.21 Å². The van der Waals surface area contributed by atoms with Crippen molar-refractivity contribution in [2.24, 2.45) is 5.10 Å². The Morgan fingerprint density at radius 2 is 1.81 bits per heavy atom. The lowest BCUT2D eigenvalue weighted by Crippen LogP contribution is -2.15. The van der Waals surface area contributed by atoms with Crippen LogP contribution < -0.4 is 15.7 Å². The second-order valence-electron chi connectivity index (χ2n) is 5.09. The standard InChI is InChI=1S/C17H13Cl2N5O2/c1-26-11-7-5-10(6-8-11)15-16(25)21-17(24-22-15)23-20-9-12-13(18)3-2-4-14(12)19/h2-9H,1H3,(H2,21,23,24,25)/b20-9+. The fraction of sp³-hybridized carbons (Fsp3) is 0.0588. The number of ether oxygens (including phenoxy) is 1. The molecule has 0 aliphatic heterocycles. The Hall–Kier alpha value is -2.90. The van der Waals surface area contributed by atoms with Crippen LogP contribution in [-0.4, -0.2) is 28.5 Å². The van der Waals surface area contributed by atoms with E-state index in [-0.39, 0.29) is 11.6 Å². The van der Waals surface area contributed by atoms with Crippen molar-refractivity contribution in [3.63, 3.8) is 0 Å². The summed E-state index contributed by atoms with van der Waals surface area (Å²) in [5, 5.41) is 12.7. The first-order valence-corrected chi connectivity index (χ1v) is 8.18. The van der Waals surface area contributed by atoms with Crippen molar-refractivity contribution < 1.29 is 4.74 Å². The zero-order chi connectivity index (χ0) is 18.5. The van der Waals surface area contributed by atoms with Crippen LogP contribution >= 0.6 is 23.2 Å². The first-order valence-electron chi connectivity index (χ1n) is 7.43.